The van der Waals surface area contributed by atoms with Gasteiger partial charge in [0.1, 0.15) is 0 Å². The highest BCUT2D eigenvalue weighted by atomic mass is 16.6. The van der Waals surface area contributed by atoms with Crippen LogP contribution in [0.1, 0.15) is 42.1 Å². The van der Waals surface area contributed by atoms with Crippen molar-refractivity contribution in [1.82, 2.24) is 0 Å². The quantitative estimate of drug-likeness (QED) is 0.409. The SMILES string of the molecule is CC[C@H](C)c1ccccc1NC(=O)COC(=O)c1cc([N+](=O)[O-])ccc1N(C)C. The van der Waals surface area contributed by atoms with E-state index in [-0.39, 0.29) is 17.2 Å². The van der Waals surface area contributed by atoms with Gasteiger partial charge in [-0.05, 0) is 30.0 Å². The molecular weight excluding hydrogens is 374 g/mol. The number of hydrogen-bond donors (Lipinski definition) is 1. The lowest BCUT2D eigenvalue weighted by Crippen LogP contribution is -2.23. The van der Waals surface area contributed by atoms with Crippen molar-refractivity contribution in [2.45, 2.75) is 26.2 Å². The molecule has 0 fully saturated rings. The Bertz CT molecular complexity index is 911. The Morgan fingerprint density at radius 2 is 1.90 bits per heavy atom. The first-order valence-electron chi connectivity index (χ1n) is 9.26. The van der Waals surface area contributed by atoms with E-state index < -0.39 is 23.4 Å². The lowest BCUT2D eigenvalue weighted by atomic mass is 9.97. The van der Waals surface area contributed by atoms with Gasteiger partial charge in [0.15, 0.2) is 6.61 Å². The number of amides is 1. The number of carbonyl (C=O) groups excluding carboxylic acids is 2. The van der Waals surface area contributed by atoms with Gasteiger partial charge in [0.25, 0.3) is 11.6 Å². The first-order chi connectivity index (χ1) is 13.7. The van der Waals surface area contributed by atoms with Crippen LogP contribution in [0.3, 0.4) is 0 Å². The number of non-ortho nitro benzene ring substituents is 1. The van der Waals surface area contributed by atoms with E-state index in [4.69, 9.17) is 4.74 Å². The molecule has 0 saturated heterocycles. The monoisotopic (exact) mass is 399 g/mol. The van der Waals surface area contributed by atoms with Crippen LogP contribution in [0.15, 0.2) is 42.5 Å². The third-order valence-corrected chi connectivity index (χ3v) is 4.61. The average Bonchev–Trinajstić information content (AvgIpc) is 2.71. The van der Waals surface area contributed by atoms with Gasteiger partial charge in [-0.1, -0.05) is 32.0 Å². The fraction of sp³-hybridized carbons (Fsp3) is 0.333. The van der Waals surface area contributed by atoms with E-state index >= 15 is 0 Å². The van der Waals surface area contributed by atoms with Crippen molar-refractivity contribution < 1.29 is 19.2 Å². The Labute approximate surface area is 169 Å². The van der Waals surface area contributed by atoms with Crippen LogP contribution in [-0.2, 0) is 9.53 Å². The third kappa shape index (κ3) is 5.54. The van der Waals surface area contributed by atoms with Crippen molar-refractivity contribution in [3.05, 3.63) is 63.7 Å². The number of para-hydroxylation sites is 1. The molecule has 1 N–H and O–H groups in total. The van der Waals surface area contributed by atoms with E-state index in [1.807, 2.05) is 18.2 Å². The number of benzene rings is 2. The highest BCUT2D eigenvalue weighted by molar-refractivity contribution is 5.99. The Balaban J connectivity index is 2.11. The maximum Gasteiger partial charge on any atom is 0.341 e. The van der Waals surface area contributed by atoms with Crippen LogP contribution in [-0.4, -0.2) is 37.5 Å². The molecule has 0 aliphatic rings. The summed E-state index contributed by atoms with van der Waals surface area (Å²) < 4.78 is 5.11. The van der Waals surface area contributed by atoms with Gasteiger partial charge in [-0.25, -0.2) is 4.79 Å². The van der Waals surface area contributed by atoms with Crippen LogP contribution in [0.2, 0.25) is 0 Å². The summed E-state index contributed by atoms with van der Waals surface area (Å²) in [5.41, 5.74) is 1.94. The van der Waals surface area contributed by atoms with E-state index in [0.717, 1.165) is 18.1 Å². The smallest absolute Gasteiger partial charge is 0.341 e. The number of carbonyl (C=O) groups is 2. The molecule has 0 spiro atoms. The first kappa shape index (κ1) is 21.9. The van der Waals surface area contributed by atoms with E-state index in [1.165, 1.54) is 12.1 Å². The van der Waals surface area contributed by atoms with Gasteiger partial charge in [-0.3, -0.25) is 14.9 Å². The normalized spacial score (nSPS) is 11.4. The second-order valence-corrected chi connectivity index (χ2v) is 6.87. The summed E-state index contributed by atoms with van der Waals surface area (Å²) >= 11 is 0. The predicted octanol–water partition coefficient (Wildman–Crippen LogP) is 3.97. The number of nitro groups is 1. The van der Waals surface area contributed by atoms with Crippen molar-refractivity contribution >= 4 is 28.9 Å². The number of rotatable bonds is 8. The number of esters is 1. The molecule has 0 aromatic heterocycles. The Morgan fingerprint density at radius 3 is 2.52 bits per heavy atom. The summed E-state index contributed by atoms with van der Waals surface area (Å²) in [5.74, 6) is -1.02. The van der Waals surface area contributed by atoms with Gasteiger partial charge in [0.2, 0.25) is 0 Å². The molecule has 0 aliphatic carbocycles. The van der Waals surface area contributed by atoms with Crippen molar-refractivity contribution in [2.24, 2.45) is 0 Å². The van der Waals surface area contributed by atoms with Gasteiger partial charge in [-0.15, -0.1) is 0 Å². The molecule has 0 aliphatic heterocycles. The zero-order chi connectivity index (χ0) is 21.6. The van der Waals surface area contributed by atoms with Crippen LogP contribution >= 0.6 is 0 Å². The zero-order valence-corrected chi connectivity index (χ0v) is 17.0. The molecule has 0 unspecified atom stereocenters. The van der Waals surface area contributed by atoms with Crippen molar-refractivity contribution in [2.75, 3.05) is 30.9 Å². The zero-order valence-electron chi connectivity index (χ0n) is 17.0. The number of nitro benzene ring substituents is 1. The maximum atomic E-state index is 12.5. The molecule has 2 aromatic carbocycles. The van der Waals surface area contributed by atoms with Crippen LogP contribution < -0.4 is 10.2 Å². The van der Waals surface area contributed by atoms with E-state index in [0.29, 0.717) is 11.4 Å². The molecule has 154 valence electrons. The molecule has 0 heterocycles. The summed E-state index contributed by atoms with van der Waals surface area (Å²) in [7, 11) is 3.41. The van der Waals surface area contributed by atoms with Crippen molar-refractivity contribution in [3.8, 4) is 0 Å². The van der Waals surface area contributed by atoms with Crippen LogP contribution in [0, 0.1) is 10.1 Å². The predicted molar refractivity (Wildman–Crippen MR) is 111 cm³/mol. The second-order valence-electron chi connectivity index (χ2n) is 6.87. The van der Waals surface area contributed by atoms with Crippen LogP contribution in [0.25, 0.3) is 0 Å². The lowest BCUT2D eigenvalue weighted by Gasteiger charge is -2.17. The molecular formula is C21H25N3O5. The number of nitrogens with zero attached hydrogens (tertiary/aromatic N) is 2. The molecule has 8 heteroatoms. The van der Waals surface area contributed by atoms with Crippen LogP contribution in [0.5, 0.6) is 0 Å². The largest absolute Gasteiger partial charge is 0.452 e. The fourth-order valence-electron chi connectivity index (χ4n) is 2.85. The summed E-state index contributed by atoms with van der Waals surface area (Å²) in [6.45, 7) is 3.63. The van der Waals surface area contributed by atoms with Gasteiger partial charge < -0.3 is 15.0 Å². The van der Waals surface area contributed by atoms with E-state index in [9.17, 15) is 19.7 Å². The highest BCUT2D eigenvalue weighted by Gasteiger charge is 2.20. The summed E-state index contributed by atoms with van der Waals surface area (Å²) in [4.78, 5) is 36.8. The molecule has 0 radical (unpaired) electrons. The number of anilines is 2. The number of nitrogens with one attached hydrogen (secondary N) is 1. The molecule has 1 atom stereocenters. The fourth-order valence-corrected chi connectivity index (χ4v) is 2.85. The van der Waals surface area contributed by atoms with Gasteiger partial charge >= 0.3 is 5.97 Å². The van der Waals surface area contributed by atoms with Crippen LogP contribution in [0.4, 0.5) is 17.1 Å². The van der Waals surface area contributed by atoms with Crippen molar-refractivity contribution in [1.29, 1.82) is 0 Å². The molecule has 29 heavy (non-hydrogen) atoms. The lowest BCUT2D eigenvalue weighted by molar-refractivity contribution is -0.384. The number of hydrogen-bond acceptors (Lipinski definition) is 6. The molecule has 2 aromatic rings. The summed E-state index contributed by atoms with van der Waals surface area (Å²) in [6, 6.07) is 11.4. The molecule has 8 nitrogen and oxygen atoms in total. The van der Waals surface area contributed by atoms with Gasteiger partial charge in [0, 0.05) is 31.9 Å². The van der Waals surface area contributed by atoms with Crippen molar-refractivity contribution in [3.63, 3.8) is 0 Å². The molecule has 1 amide bonds. The second kappa shape index (κ2) is 9.68. The minimum absolute atomic E-state index is 0.0250. The molecule has 2 rings (SSSR count). The Morgan fingerprint density at radius 1 is 1.21 bits per heavy atom. The van der Waals surface area contributed by atoms with E-state index in [1.54, 1.807) is 25.1 Å². The first-order valence-corrected chi connectivity index (χ1v) is 9.26. The average molecular weight is 399 g/mol. The third-order valence-electron chi connectivity index (χ3n) is 4.61. The molecule has 0 saturated carbocycles. The Hall–Kier alpha value is -3.42. The minimum Gasteiger partial charge on any atom is -0.452 e. The molecule has 0 bridgehead atoms. The Kier molecular flexibility index (Phi) is 7.30. The minimum atomic E-state index is -0.803. The highest BCUT2D eigenvalue weighted by Crippen LogP contribution is 2.27. The topological polar surface area (TPSA) is 102 Å². The summed E-state index contributed by atoms with van der Waals surface area (Å²) in [5, 5.41) is 13.8. The standard InChI is InChI=1S/C21H25N3O5/c1-5-14(2)16-8-6-7-9-18(16)22-20(25)13-29-21(26)17-12-15(24(27)28)10-11-19(17)23(3)4/h6-12,14H,5,13H2,1-4H3,(H,22,25)/t14-/m0/s1. The van der Waals surface area contributed by atoms with Gasteiger partial charge in [-0.2, -0.15) is 0 Å². The van der Waals surface area contributed by atoms with E-state index in [2.05, 4.69) is 19.2 Å². The van der Waals surface area contributed by atoms with Gasteiger partial charge in [0.05, 0.1) is 16.2 Å². The summed E-state index contributed by atoms with van der Waals surface area (Å²) in [6.07, 6.45) is 0.919. The number of ether oxygens (including phenoxy) is 1. The maximum absolute atomic E-state index is 12.5.